The Hall–Kier alpha value is -3.38. The number of benzene rings is 1. The van der Waals surface area contributed by atoms with Crippen LogP contribution >= 0.6 is 11.6 Å². The van der Waals surface area contributed by atoms with Gasteiger partial charge in [0.05, 0.1) is 18.8 Å². The highest BCUT2D eigenvalue weighted by Crippen LogP contribution is 2.40. The second kappa shape index (κ2) is 7.15. The predicted octanol–water partition coefficient (Wildman–Crippen LogP) is 4.58. The van der Waals surface area contributed by atoms with Gasteiger partial charge >= 0.3 is 0 Å². The maximum absolute atomic E-state index is 12.3. The normalized spacial score (nSPS) is 13.5. The maximum atomic E-state index is 12.3. The molecular formula is C23H20ClN5O. The molecule has 0 aliphatic carbocycles. The van der Waals surface area contributed by atoms with Crippen LogP contribution in [0.3, 0.4) is 0 Å². The van der Waals surface area contributed by atoms with Crippen LogP contribution in [-0.2, 0) is 17.9 Å². The molecule has 30 heavy (non-hydrogen) atoms. The molecule has 0 spiro atoms. The van der Waals surface area contributed by atoms with Crippen LogP contribution in [-0.4, -0.2) is 37.1 Å². The zero-order chi connectivity index (χ0) is 20.8. The van der Waals surface area contributed by atoms with Gasteiger partial charge < -0.3 is 9.88 Å². The number of rotatable bonds is 3. The minimum atomic E-state index is -0.0737. The average Bonchev–Trinajstić information content (AvgIpc) is 3.33. The van der Waals surface area contributed by atoms with Crippen molar-refractivity contribution in [1.82, 2.24) is 24.6 Å². The lowest BCUT2D eigenvalue weighted by Gasteiger charge is -2.27. The summed E-state index contributed by atoms with van der Waals surface area (Å²) in [6.45, 7) is 7.40. The fraction of sp³-hybridized carbons (Fsp3) is 0.174. The molecule has 0 bridgehead atoms. The Kier molecular flexibility index (Phi) is 4.44. The van der Waals surface area contributed by atoms with Crippen LogP contribution in [0.2, 0.25) is 5.02 Å². The summed E-state index contributed by atoms with van der Waals surface area (Å²) in [5.74, 6) is -0.0737. The van der Waals surface area contributed by atoms with E-state index in [1.54, 1.807) is 11.1 Å². The van der Waals surface area contributed by atoms with Gasteiger partial charge in [-0.2, -0.15) is 5.10 Å². The van der Waals surface area contributed by atoms with E-state index in [2.05, 4.69) is 23.5 Å². The highest BCUT2D eigenvalue weighted by molar-refractivity contribution is 6.30. The summed E-state index contributed by atoms with van der Waals surface area (Å²) >= 11 is 6.29. The van der Waals surface area contributed by atoms with Gasteiger partial charge in [0.1, 0.15) is 11.3 Å². The Balaban J connectivity index is 1.80. The van der Waals surface area contributed by atoms with Gasteiger partial charge in [-0.15, -0.1) is 0 Å². The van der Waals surface area contributed by atoms with Crippen LogP contribution in [0.1, 0.15) is 11.3 Å². The van der Waals surface area contributed by atoms with Crippen molar-refractivity contribution in [3.05, 3.63) is 71.7 Å². The van der Waals surface area contributed by atoms with E-state index >= 15 is 0 Å². The Morgan fingerprint density at radius 3 is 2.97 bits per heavy atom. The molecule has 1 aliphatic rings. The van der Waals surface area contributed by atoms with Gasteiger partial charge in [-0.1, -0.05) is 30.3 Å². The van der Waals surface area contributed by atoms with E-state index in [1.165, 1.54) is 6.08 Å². The van der Waals surface area contributed by atoms with Crippen molar-refractivity contribution >= 4 is 28.5 Å². The third-order valence-electron chi connectivity index (χ3n) is 5.60. The van der Waals surface area contributed by atoms with Gasteiger partial charge in [-0.05, 0) is 42.3 Å². The first-order valence-corrected chi connectivity index (χ1v) is 10.1. The van der Waals surface area contributed by atoms with Gasteiger partial charge in [-0.25, -0.2) is 4.98 Å². The van der Waals surface area contributed by atoms with Crippen LogP contribution < -0.4 is 0 Å². The van der Waals surface area contributed by atoms with Gasteiger partial charge in [0, 0.05) is 40.5 Å². The van der Waals surface area contributed by atoms with E-state index in [4.69, 9.17) is 16.7 Å². The number of amides is 1. The minimum Gasteiger partial charge on any atom is -0.346 e. The number of pyridine rings is 1. The van der Waals surface area contributed by atoms with E-state index in [1.807, 2.05) is 41.2 Å². The van der Waals surface area contributed by atoms with Crippen molar-refractivity contribution in [2.75, 3.05) is 6.54 Å². The van der Waals surface area contributed by atoms with Crippen molar-refractivity contribution in [2.24, 2.45) is 0 Å². The predicted molar refractivity (Wildman–Crippen MR) is 118 cm³/mol. The van der Waals surface area contributed by atoms with Crippen LogP contribution in [0.25, 0.3) is 33.4 Å². The summed E-state index contributed by atoms with van der Waals surface area (Å²) in [6, 6.07) is 9.74. The fourth-order valence-corrected chi connectivity index (χ4v) is 4.37. The molecule has 0 saturated heterocycles. The lowest BCUT2D eigenvalue weighted by Crippen LogP contribution is -2.37. The number of aryl methyl sites for hydroxylation is 1. The number of aromatic nitrogens is 4. The number of aromatic amines is 1. The number of carbonyl (C=O) groups excluding carboxylic acids is 1. The fourth-order valence-electron chi connectivity index (χ4n) is 4.18. The largest absolute Gasteiger partial charge is 0.346 e. The number of hydrogen-bond acceptors (Lipinski definition) is 3. The van der Waals surface area contributed by atoms with Crippen molar-refractivity contribution in [3.8, 4) is 22.4 Å². The lowest BCUT2D eigenvalue weighted by molar-refractivity contribution is -0.127. The summed E-state index contributed by atoms with van der Waals surface area (Å²) in [5.41, 5.74) is 6.79. The highest BCUT2D eigenvalue weighted by atomic mass is 35.5. The van der Waals surface area contributed by atoms with Gasteiger partial charge in [0.25, 0.3) is 0 Å². The number of hydrogen-bond donors (Lipinski definition) is 1. The number of halogens is 1. The van der Waals surface area contributed by atoms with Crippen LogP contribution in [0.5, 0.6) is 0 Å². The highest BCUT2D eigenvalue weighted by Gasteiger charge is 2.28. The molecule has 0 unspecified atom stereocenters. The summed E-state index contributed by atoms with van der Waals surface area (Å²) in [4.78, 5) is 21.8. The van der Waals surface area contributed by atoms with E-state index in [0.717, 1.165) is 44.7 Å². The molecule has 7 heteroatoms. The van der Waals surface area contributed by atoms with Gasteiger partial charge in [-0.3, -0.25) is 9.48 Å². The van der Waals surface area contributed by atoms with E-state index < -0.39 is 0 Å². The molecule has 150 valence electrons. The van der Waals surface area contributed by atoms with Crippen molar-refractivity contribution in [2.45, 2.75) is 20.0 Å². The van der Waals surface area contributed by atoms with Crippen LogP contribution in [0.15, 0.2) is 55.4 Å². The summed E-state index contributed by atoms with van der Waals surface area (Å²) in [7, 11) is 0. The van der Waals surface area contributed by atoms with Crippen molar-refractivity contribution < 1.29 is 4.79 Å². The van der Waals surface area contributed by atoms with Crippen molar-refractivity contribution in [1.29, 1.82) is 0 Å². The van der Waals surface area contributed by atoms with Gasteiger partial charge in [0.2, 0.25) is 5.91 Å². The summed E-state index contributed by atoms with van der Waals surface area (Å²) in [6.07, 6.45) is 5.13. The zero-order valence-electron chi connectivity index (χ0n) is 16.5. The number of fused-ring (bicyclic) bond motifs is 2. The number of H-pyrrole nitrogens is 1. The van der Waals surface area contributed by atoms with E-state index in [9.17, 15) is 4.79 Å². The molecule has 1 aromatic carbocycles. The Labute approximate surface area is 178 Å². The first-order chi connectivity index (χ1) is 14.6. The SMILES string of the molecule is C=CC(=O)N1CCn2nc(-c3cccc(Cl)c3)c(-c3ccnc4[nH]cc(C)c34)c2C1. The second-order valence-corrected chi connectivity index (χ2v) is 7.86. The summed E-state index contributed by atoms with van der Waals surface area (Å²) < 4.78 is 2.01. The third kappa shape index (κ3) is 2.92. The second-order valence-electron chi connectivity index (χ2n) is 7.42. The van der Waals surface area contributed by atoms with Gasteiger partial charge in [0.15, 0.2) is 0 Å². The molecule has 3 aromatic heterocycles. The Morgan fingerprint density at radius 2 is 2.17 bits per heavy atom. The van der Waals surface area contributed by atoms with Crippen LogP contribution in [0, 0.1) is 6.92 Å². The summed E-state index contributed by atoms with van der Waals surface area (Å²) in [5, 5.41) is 6.66. The Morgan fingerprint density at radius 1 is 1.30 bits per heavy atom. The molecule has 1 aliphatic heterocycles. The maximum Gasteiger partial charge on any atom is 0.246 e. The van der Waals surface area contributed by atoms with Crippen molar-refractivity contribution in [3.63, 3.8) is 0 Å². The van der Waals surface area contributed by atoms with E-state index in [0.29, 0.717) is 24.7 Å². The minimum absolute atomic E-state index is 0.0737. The topological polar surface area (TPSA) is 66.8 Å². The third-order valence-corrected chi connectivity index (χ3v) is 5.84. The molecule has 1 amide bonds. The molecule has 6 nitrogen and oxygen atoms in total. The first-order valence-electron chi connectivity index (χ1n) is 9.77. The smallest absolute Gasteiger partial charge is 0.246 e. The molecule has 1 N–H and O–H groups in total. The molecule has 0 atom stereocenters. The monoisotopic (exact) mass is 417 g/mol. The first kappa shape index (κ1) is 18.6. The quantitative estimate of drug-likeness (QED) is 0.496. The van der Waals surface area contributed by atoms with Crippen LogP contribution in [0.4, 0.5) is 0 Å². The molecule has 5 rings (SSSR count). The Bertz CT molecular complexity index is 1300. The average molecular weight is 418 g/mol. The molecule has 4 aromatic rings. The molecule has 0 radical (unpaired) electrons. The lowest BCUT2D eigenvalue weighted by atomic mass is 9.95. The molecule has 0 saturated carbocycles. The molecule has 0 fully saturated rings. The number of carbonyl (C=O) groups is 1. The molecule has 4 heterocycles. The standard InChI is InChI=1S/C23H20ClN5O/c1-3-19(30)28-9-10-29-18(13-28)21(22(27-29)15-5-4-6-16(24)11-15)17-7-8-25-23-20(17)14(2)12-26-23/h3-8,11-12H,1,9-10,13H2,2H3,(H,25,26). The zero-order valence-corrected chi connectivity index (χ0v) is 17.3. The van der Waals surface area contributed by atoms with E-state index in [-0.39, 0.29) is 5.91 Å². The number of nitrogens with zero attached hydrogens (tertiary/aromatic N) is 4. The number of nitrogens with one attached hydrogen (secondary N) is 1. The molecular weight excluding hydrogens is 398 g/mol.